The zero-order chi connectivity index (χ0) is 11.7. The molecule has 1 aromatic carbocycles. The Morgan fingerprint density at radius 3 is 2.81 bits per heavy atom. The van der Waals surface area contributed by atoms with Gasteiger partial charge in [0.15, 0.2) is 0 Å². The molecule has 4 nitrogen and oxygen atoms in total. The van der Waals surface area contributed by atoms with Gasteiger partial charge in [-0.05, 0) is 18.6 Å². The Morgan fingerprint density at radius 1 is 1.50 bits per heavy atom. The SMILES string of the molecule is COc1cc(Cl)c(C)cc1N1CCNC1=O. The summed E-state index contributed by atoms with van der Waals surface area (Å²) in [5.74, 6) is 0.618. The van der Waals surface area contributed by atoms with Crippen LogP contribution in [0.5, 0.6) is 5.75 Å². The number of nitrogens with one attached hydrogen (secondary N) is 1. The van der Waals surface area contributed by atoms with Gasteiger partial charge in [0.05, 0.1) is 12.8 Å². The van der Waals surface area contributed by atoms with E-state index in [1.54, 1.807) is 18.1 Å². The number of hydrogen-bond acceptors (Lipinski definition) is 2. The molecule has 0 aliphatic carbocycles. The predicted molar refractivity (Wildman–Crippen MR) is 63.5 cm³/mol. The number of anilines is 1. The van der Waals surface area contributed by atoms with Gasteiger partial charge in [0.2, 0.25) is 0 Å². The molecule has 1 N–H and O–H groups in total. The molecule has 0 spiro atoms. The molecule has 0 saturated carbocycles. The second-order valence-corrected chi connectivity index (χ2v) is 4.06. The van der Waals surface area contributed by atoms with Crippen LogP contribution in [0.3, 0.4) is 0 Å². The number of rotatable bonds is 2. The quantitative estimate of drug-likeness (QED) is 0.861. The molecular weight excluding hydrogens is 228 g/mol. The van der Waals surface area contributed by atoms with Crippen molar-refractivity contribution >= 4 is 23.3 Å². The predicted octanol–water partition coefficient (Wildman–Crippen LogP) is 2.19. The largest absolute Gasteiger partial charge is 0.495 e. The number of ether oxygens (including phenoxy) is 1. The molecule has 86 valence electrons. The van der Waals surface area contributed by atoms with E-state index in [4.69, 9.17) is 16.3 Å². The second kappa shape index (κ2) is 4.22. The highest BCUT2D eigenvalue weighted by Crippen LogP contribution is 2.34. The number of halogens is 1. The lowest BCUT2D eigenvalue weighted by Crippen LogP contribution is -2.28. The molecule has 0 radical (unpaired) electrons. The van der Waals surface area contributed by atoms with Crippen molar-refractivity contribution in [3.05, 3.63) is 22.7 Å². The van der Waals surface area contributed by atoms with Crippen LogP contribution in [0.2, 0.25) is 5.02 Å². The molecule has 1 saturated heterocycles. The van der Waals surface area contributed by atoms with Gasteiger partial charge in [-0.2, -0.15) is 0 Å². The Hall–Kier alpha value is -1.42. The highest BCUT2D eigenvalue weighted by atomic mass is 35.5. The van der Waals surface area contributed by atoms with Crippen molar-refractivity contribution in [2.45, 2.75) is 6.92 Å². The Morgan fingerprint density at radius 2 is 2.25 bits per heavy atom. The fourth-order valence-corrected chi connectivity index (χ4v) is 1.88. The van der Waals surface area contributed by atoms with E-state index in [-0.39, 0.29) is 6.03 Å². The molecule has 2 rings (SSSR count). The van der Waals surface area contributed by atoms with Crippen molar-refractivity contribution in [2.75, 3.05) is 25.1 Å². The van der Waals surface area contributed by atoms with Gasteiger partial charge >= 0.3 is 6.03 Å². The summed E-state index contributed by atoms with van der Waals surface area (Å²) in [6.07, 6.45) is 0. The molecule has 0 atom stereocenters. The highest BCUT2D eigenvalue weighted by Gasteiger charge is 2.24. The fourth-order valence-electron chi connectivity index (χ4n) is 1.72. The van der Waals surface area contributed by atoms with E-state index in [0.29, 0.717) is 23.9 Å². The van der Waals surface area contributed by atoms with Gasteiger partial charge in [-0.1, -0.05) is 11.6 Å². The molecule has 1 heterocycles. The topological polar surface area (TPSA) is 41.6 Å². The molecule has 16 heavy (non-hydrogen) atoms. The fraction of sp³-hybridized carbons (Fsp3) is 0.364. The van der Waals surface area contributed by atoms with E-state index < -0.39 is 0 Å². The maximum atomic E-state index is 11.6. The smallest absolute Gasteiger partial charge is 0.322 e. The Bertz CT molecular complexity index is 434. The number of amides is 2. The maximum absolute atomic E-state index is 11.6. The van der Waals surface area contributed by atoms with Crippen LogP contribution in [0.15, 0.2) is 12.1 Å². The number of benzene rings is 1. The number of nitrogens with zero attached hydrogens (tertiary/aromatic N) is 1. The summed E-state index contributed by atoms with van der Waals surface area (Å²) in [5.41, 5.74) is 1.69. The van der Waals surface area contributed by atoms with E-state index in [1.807, 2.05) is 13.0 Å². The van der Waals surface area contributed by atoms with Crippen LogP contribution in [0, 0.1) is 6.92 Å². The molecule has 0 bridgehead atoms. The van der Waals surface area contributed by atoms with Crippen LogP contribution in [0.4, 0.5) is 10.5 Å². The van der Waals surface area contributed by atoms with Crippen LogP contribution in [0.1, 0.15) is 5.56 Å². The molecule has 5 heteroatoms. The molecular formula is C11H13ClN2O2. The third kappa shape index (κ3) is 1.80. The Labute approximate surface area is 99.1 Å². The summed E-state index contributed by atoms with van der Waals surface area (Å²) in [6.45, 7) is 3.21. The molecule has 1 aliphatic heterocycles. The minimum atomic E-state index is -0.0972. The molecule has 1 aromatic rings. The summed E-state index contributed by atoms with van der Waals surface area (Å²) in [4.78, 5) is 13.2. The minimum absolute atomic E-state index is 0.0972. The van der Waals surface area contributed by atoms with E-state index in [2.05, 4.69) is 5.32 Å². The van der Waals surface area contributed by atoms with Gasteiger partial charge in [-0.15, -0.1) is 0 Å². The first-order chi connectivity index (χ1) is 7.63. The van der Waals surface area contributed by atoms with Gasteiger partial charge < -0.3 is 10.1 Å². The first-order valence-corrected chi connectivity index (χ1v) is 5.41. The van der Waals surface area contributed by atoms with Gasteiger partial charge in [-0.25, -0.2) is 4.79 Å². The number of aryl methyl sites for hydroxylation is 1. The van der Waals surface area contributed by atoms with Crippen LogP contribution >= 0.6 is 11.6 Å². The first-order valence-electron chi connectivity index (χ1n) is 5.03. The third-order valence-corrected chi connectivity index (χ3v) is 3.01. The molecule has 1 aliphatic rings. The average Bonchev–Trinajstić information content (AvgIpc) is 2.68. The third-order valence-electron chi connectivity index (χ3n) is 2.61. The summed E-state index contributed by atoms with van der Waals surface area (Å²) < 4.78 is 5.24. The van der Waals surface area contributed by atoms with Gasteiger partial charge in [0, 0.05) is 24.2 Å². The van der Waals surface area contributed by atoms with Crippen molar-refractivity contribution in [1.29, 1.82) is 0 Å². The number of hydrogen-bond donors (Lipinski definition) is 1. The van der Waals surface area contributed by atoms with E-state index >= 15 is 0 Å². The highest BCUT2D eigenvalue weighted by molar-refractivity contribution is 6.31. The Balaban J connectivity index is 2.46. The lowest BCUT2D eigenvalue weighted by Gasteiger charge is -2.18. The zero-order valence-corrected chi connectivity index (χ0v) is 9.97. The van der Waals surface area contributed by atoms with E-state index in [1.165, 1.54) is 0 Å². The first kappa shape index (κ1) is 11.1. The molecule has 0 unspecified atom stereocenters. The van der Waals surface area contributed by atoms with Gasteiger partial charge in [-0.3, -0.25) is 4.90 Å². The Kier molecular flexibility index (Phi) is 2.92. The van der Waals surface area contributed by atoms with Crippen molar-refractivity contribution in [1.82, 2.24) is 5.32 Å². The zero-order valence-electron chi connectivity index (χ0n) is 9.21. The molecule has 1 fully saturated rings. The summed E-state index contributed by atoms with van der Waals surface area (Å²) in [7, 11) is 1.57. The normalized spacial score (nSPS) is 15.2. The number of urea groups is 1. The summed E-state index contributed by atoms with van der Waals surface area (Å²) in [5, 5.41) is 3.39. The van der Waals surface area contributed by atoms with Gasteiger partial charge in [0.25, 0.3) is 0 Å². The monoisotopic (exact) mass is 240 g/mol. The van der Waals surface area contributed by atoms with Crippen LogP contribution in [0.25, 0.3) is 0 Å². The summed E-state index contributed by atoms with van der Waals surface area (Å²) >= 11 is 6.01. The van der Waals surface area contributed by atoms with Crippen molar-refractivity contribution in [3.63, 3.8) is 0 Å². The standard InChI is InChI=1S/C11H13ClN2O2/c1-7-5-9(10(16-2)6-8(7)12)14-4-3-13-11(14)15/h5-6H,3-4H2,1-2H3,(H,13,15). The summed E-state index contributed by atoms with van der Waals surface area (Å²) in [6, 6.07) is 3.50. The number of carbonyl (C=O) groups is 1. The molecule has 0 aromatic heterocycles. The van der Waals surface area contributed by atoms with Crippen molar-refractivity contribution < 1.29 is 9.53 Å². The van der Waals surface area contributed by atoms with Crippen LogP contribution < -0.4 is 15.0 Å². The van der Waals surface area contributed by atoms with E-state index in [9.17, 15) is 4.79 Å². The molecule has 2 amide bonds. The van der Waals surface area contributed by atoms with Crippen molar-refractivity contribution in [2.24, 2.45) is 0 Å². The average molecular weight is 241 g/mol. The van der Waals surface area contributed by atoms with Crippen LogP contribution in [-0.2, 0) is 0 Å². The lowest BCUT2D eigenvalue weighted by atomic mass is 10.2. The van der Waals surface area contributed by atoms with Gasteiger partial charge in [0.1, 0.15) is 5.75 Å². The van der Waals surface area contributed by atoms with E-state index in [0.717, 1.165) is 11.3 Å². The number of carbonyl (C=O) groups excluding carboxylic acids is 1. The maximum Gasteiger partial charge on any atom is 0.322 e. The second-order valence-electron chi connectivity index (χ2n) is 3.66. The van der Waals surface area contributed by atoms with Crippen LogP contribution in [-0.4, -0.2) is 26.2 Å². The van der Waals surface area contributed by atoms with Crippen molar-refractivity contribution in [3.8, 4) is 5.75 Å². The lowest BCUT2D eigenvalue weighted by molar-refractivity contribution is 0.252. The number of methoxy groups -OCH3 is 1. The minimum Gasteiger partial charge on any atom is -0.495 e.